The zero-order valence-electron chi connectivity index (χ0n) is 11.4. The average molecular weight is 263 g/mol. The van der Waals surface area contributed by atoms with E-state index in [9.17, 15) is 4.79 Å². The molecule has 1 heterocycles. The fraction of sp³-hybridized carbons (Fsp3) is 0.500. The van der Waals surface area contributed by atoms with Crippen LogP contribution >= 0.6 is 0 Å². The summed E-state index contributed by atoms with van der Waals surface area (Å²) in [5.41, 5.74) is 7.06. The van der Waals surface area contributed by atoms with Gasteiger partial charge in [0, 0.05) is 24.5 Å². The fourth-order valence-electron chi connectivity index (χ4n) is 2.43. The van der Waals surface area contributed by atoms with Gasteiger partial charge in [-0.15, -0.1) is 0 Å². The number of carbonyl (C=O) groups is 1. The number of nitrogens with two attached hydrogens (primary N) is 1. The Labute approximate surface area is 113 Å². The predicted octanol–water partition coefficient (Wildman–Crippen LogP) is 1.32. The van der Waals surface area contributed by atoms with Gasteiger partial charge in [0.1, 0.15) is 0 Å². The molecule has 1 aromatic rings. The Morgan fingerprint density at radius 1 is 1.42 bits per heavy atom. The van der Waals surface area contributed by atoms with Gasteiger partial charge in [0.15, 0.2) is 0 Å². The molecule has 0 radical (unpaired) electrons. The van der Waals surface area contributed by atoms with Crippen molar-refractivity contribution in [3.63, 3.8) is 0 Å². The van der Waals surface area contributed by atoms with Crippen LogP contribution in [0.1, 0.15) is 13.8 Å². The molecule has 5 nitrogen and oxygen atoms in total. The average Bonchev–Trinajstić information content (AvgIpc) is 2.26. The molecular weight excluding hydrogens is 242 g/mol. The topological polar surface area (TPSA) is 67.6 Å². The number of rotatable bonds is 3. The van der Waals surface area contributed by atoms with Crippen molar-refractivity contribution in [2.75, 3.05) is 30.7 Å². The number of carbonyl (C=O) groups excluding carboxylic acids is 1. The molecule has 2 atom stereocenters. The number of anilines is 2. The number of benzene rings is 1. The van der Waals surface area contributed by atoms with E-state index in [0.717, 1.165) is 18.8 Å². The van der Waals surface area contributed by atoms with Crippen LogP contribution in [0.25, 0.3) is 0 Å². The largest absolute Gasteiger partial charge is 0.399 e. The van der Waals surface area contributed by atoms with Gasteiger partial charge >= 0.3 is 0 Å². The molecule has 19 heavy (non-hydrogen) atoms. The standard InChI is InChI=1S/C14H21N3O2/c1-10-7-17(8-11(2)19-10)9-14(18)16-13-5-3-4-12(15)6-13/h3-6,10-11H,7-9,15H2,1-2H3,(H,16,18). The van der Waals surface area contributed by atoms with Crippen molar-refractivity contribution >= 4 is 17.3 Å². The van der Waals surface area contributed by atoms with Crippen molar-refractivity contribution in [3.05, 3.63) is 24.3 Å². The first kappa shape index (κ1) is 13.8. The first-order chi connectivity index (χ1) is 9.02. The highest BCUT2D eigenvalue weighted by atomic mass is 16.5. The molecule has 1 amide bonds. The van der Waals surface area contributed by atoms with E-state index >= 15 is 0 Å². The maximum Gasteiger partial charge on any atom is 0.238 e. The summed E-state index contributed by atoms with van der Waals surface area (Å²) in [6.07, 6.45) is 0.341. The summed E-state index contributed by atoms with van der Waals surface area (Å²) in [6.45, 7) is 6.01. The molecule has 2 unspecified atom stereocenters. The highest BCUT2D eigenvalue weighted by Crippen LogP contribution is 2.13. The number of nitrogens with zero attached hydrogens (tertiary/aromatic N) is 1. The quantitative estimate of drug-likeness (QED) is 0.807. The van der Waals surface area contributed by atoms with Crippen LogP contribution in [-0.2, 0) is 9.53 Å². The third-order valence-electron chi connectivity index (χ3n) is 3.03. The summed E-state index contributed by atoms with van der Waals surface area (Å²) < 4.78 is 5.64. The number of ether oxygens (including phenoxy) is 1. The molecule has 104 valence electrons. The van der Waals surface area contributed by atoms with Gasteiger partial charge in [0.25, 0.3) is 0 Å². The zero-order valence-corrected chi connectivity index (χ0v) is 11.4. The van der Waals surface area contributed by atoms with Crippen LogP contribution < -0.4 is 11.1 Å². The molecule has 5 heteroatoms. The lowest BCUT2D eigenvalue weighted by atomic mass is 10.2. The van der Waals surface area contributed by atoms with E-state index in [1.165, 1.54) is 0 Å². The van der Waals surface area contributed by atoms with Gasteiger partial charge in [-0.1, -0.05) is 6.07 Å². The lowest BCUT2D eigenvalue weighted by Gasteiger charge is -2.34. The Balaban J connectivity index is 1.87. The number of morpholine rings is 1. The molecule has 1 aromatic carbocycles. The van der Waals surface area contributed by atoms with Gasteiger partial charge in [-0.2, -0.15) is 0 Å². The van der Waals surface area contributed by atoms with Crippen LogP contribution in [-0.4, -0.2) is 42.6 Å². The predicted molar refractivity (Wildman–Crippen MR) is 75.9 cm³/mol. The minimum atomic E-state index is -0.0214. The molecule has 1 saturated heterocycles. The van der Waals surface area contributed by atoms with Crippen molar-refractivity contribution in [2.45, 2.75) is 26.1 Å². The number of amides is 1. The van der Waals surface area contributed by atoms with E-state index in [1.807, 2.05) is 26.0 Å². The molecule has 0 aliphatic carbocycles. The van der Waals surface area contributed by atoms with Gasteiger partial charge in [0.2, 0.25) is 5.91 Å². The van der Waals surface area contributed by atoms with Gasteiger partial charge in [-0.05, 0) is 32.0 Å². The molecule has 0 saturated carbocycles. The lowest BCUT2D eigenvalue weighted by Crippen LogP contribution is -2.48. The van der Waals surface area contributed by atoms with E-state index in [2.05, 4.69) is 10.2 Å². The fourth-order valence-corrected chi connectivity index (χ4v) is 2.43. The van der Waals surface area contributed by atoms with E-state index in [1.54, 1.807) is 12.1 Å². The van der Waals surface area contributed by atoms with Crippen LogP contribution in [0.3, 0.4) is 0 Å². The minimum absolute atomic E-state index is 0.0214. The van der Waals surface area contributed by atoms with Crippen LogP contribution in [0, 0.1) is 0 Å². The number of nitrogen functional groups attached to an aromatic ring is 1. The Morgan fingerprint density at radius 2 is 2.11 bits per heavy atom. The summed E-state index contributed by atoms with van der Waals surface area (Å²) in [5, 5.41) is 2.86. The normalized spacial score (nSPS) is 24.1. The summed E-state index contributed by atoms with van der Waals surface area (Å²) in [4.78, 5) is 14.1. The second-order valence-corrected chi connectivity index (χ2v) is 5.13. The molecule has 3 N–H and O–H groups in total. The summed E-state index contributed by atoms with van der Waals surface area (Å²) in [5.74, 6) is -0.0214. The van der Waals surface area contributed by atoms with Crippen LogP contribution in [0.4, 0.5) is 11.4 Å². The highest BCUT2D eigenvalue weighted by Gasteiger charge is 2.23. The Bertz CT molecular complexity index is 440. The first-order valence-electron chi connectivity index (χ1n) is 6.56. The second kappa shape index (κ2) is 6.04. The van der Waals surface area contributed by atoms with Crippen LogP contribution in [0.5, 0.6) is 0 Å². The maximum absolute atomic E-state index is 12.0. The Kier molecular flexibility index (Phi) is 4.39. The number of nitrogens with one attached hydrogen (secondary N) is 1. The van der Waals surface area contributed by atoms with Crippen molar-refractivity contribution in [2.24, 2.45) is 0 Å². The monoisotopic (exact) mass is 263 g/mol. The molecule has 1 aliphatic rings. The molecule has 2 rings (SSSR count). The first-order valence-corrected chi connectivity index (χ1v) is 6.56. The zero-order chi connectivity index (χ0) is 13.8. The van der Waals surface area contributed by atoms with E-state index in [4.69, 9.17) is 10.5 Å². The van der Waals surface area contributed by atoms with Crippen molar-refractivity contribution in [3.8, 4) is 0 Å². The Morgan fingerprint density at radius 3 is 2.74 bits per heavy atom. The Hall–Kier alpha value is -1.59. The number of hydrogen-bond acceptors (Lipinski definition) is 4. The summed E-state index contributed by atoms with van der Waals surface area (Å²) in [6, 6.07) is 7.20. The van der Waals surface area contributed by atoms with Gasteiger partial charge in [0.05, 0.1) is 18.8 Å². The minimum Gasteiger partial charge on any atom is -0.399 e. The molecular formula is C14H21N3O2. The van der Waals surface area contributed by atoms with Crippen molar-refractivity contribution < 1.29 is 9.53 Å². The molecule has 0 spiro atoms. The van der Waals surface area contributed by atoms with Crippen molar-refractivity contribution in [1.29, 1.82) is 0 Å². The van der Waals surface area contributed by atoms with E-state index in [0.29, 0.717) is 12.2 Å². The van der Waals surface area contributed by atoms with E-state index in [-0.39, 0.29) is 18.1 Å². The van der Waals surface area contributed by atoms with Crippen molar-refractivity contribution in [1.82, 2.24) is 4.90 Å². The molecule has 1 aliphatic heterocycles. The van der Waals surface area contributed by atoms with Gasteiger partial charge in [-0.25, -0.2) is 0 Å². The lowest BCUT2D eigenvalue weighted by molar-refractivity contribution is -0.121. The van der Waals surface area contributed by atoms with Crippen LogP contribution in [0.2, 0.25) is 0 Å². The van der Waals surface area contributed by atoms with Gasteiger partial charge < -0.3 is 15.8 Å². The smallest absolute Gasteiger partial charge is 0.238 e. The van der Waals surface area contributed by atoms with Gasteiger partial charge in [-0.3, -0.25) is 9.69 Å². The maximum atomic E-state index is 12.0. The third kappa shape index (κ3) is 4.22. The SMILES string of the molecule is CC1CN(CC(=O)Nc2cccc(N)c2)CC(C)O1. The van der Waals surface area contributed by atoms with Crippen LogP contribution in [0.15, 0.2) is 24.3 Å². The summed E-state index contributed by atoms with van der Waals surface area (Å²) >= 11 is 0. The third-order valence-corrected chi connectivity index (χ3v) is 3.03. The molecule has 0 aromatic heterocycles. The second-order valence-electron chi connectivity index (χ2n) is 5.13. The number of hydrogen-bond donors (Lipinski definition) is 2. The van der Waals surface area contributed by atoms with E-state index < -0.39 is 0 Å². The molecule has 0 bridgehead atoms. The highest BCUT2D eigenvalue weighted by molar-refractivity contribution is 5.92. The summed E-state index contributed by atoms with van der Waals surface area (Å²) in [7, 11) is 0. The molecule has 1 fully saturated rings.